The summed E-state index contributed by atoms with van der Waals surface area (Å²) in [6, 6.07) is 3.76. The van der Waals surface area contributed by atoms with Gasteiger partial charge in [0, 0.05) is 34.1 Å². The lowest BCUT2D eigenvalue weighted by molar-refractivity contribution is -0.259. The average Bonchev–Trinajstić information content (AvgIpc) is 3.25. The molecule has 0 radical (unpaired) electrons. The topological polar surface area (TPSA) is 108 Å². The molecule has 0 aromatic carbocycles. The first-order chi connectivity index (χ1) is 18.2. The number of carbonyl (C=O) groups excluding carboxylic acids is 1. The number of aryl methyl sites for hydroxylation is 2. The Labute approximate surface area is 234 Å². The van der Waals surface area contributed by atoms with E-state index >= 15 is 0 Å². The Hall–Kier alpha value is -2.89. The van der Waals surface area contributed by atoms with E-state index in [4.69, 9.17) is 13.9 Å². The van der Waals surface area contributed by atoms with Crippen molar-refractivity contribution in [3.8, 4) is 22.1 Å². The van der Waals surface area contributed by atoms with Crippen LogP contribution in [0.1, 0.15) is 61.8 Å². The van der Waals surface area contributed by atoms with E-state index in [0.717, 1.165) is 36.2 Å². The third-order valence-electron chi connectivity index (χ3n) is 8.30. The van der Waals surface area contributed by atoms with Crippen LogP contribution in [0, 0.1) is 19.3 Å². The molecule has 9 nitrogen and oxygen atoms in total. The van der Waals surface area contributed by atoms with Crippen molar-refractivity contribution in [3.63, 3.8) is 0 Å². The van der Waals surface area contributed by atoms with Crippen molar-refractivity contribution in [2.75, 3.05) is 19.0 Å². The molecular formula is C28H37N5O4SSi. The summed E-state index contributed by atoms with van der Waals surface area (Å²) in [7, 11) is -0.202. The summed E-state index contributed by atoms with van der Waals surface area (Å²) < 4.78 is 18.3. The van der Waals surface area contributed by atoms with Crippen molar-refractivity contribution in [2.24, 2.45) is 5.41 Å². The molecule has 3 heterocycles. The summed E-state index contributed by atoms with van der Waals surface area (Å²) in [6.07, 6.45) is 6.34. The van der Waals surface area contributed by atoms with E-state index in [1.54, 1.807) is 19.5 Å². The first-order valence-electron chi connectivity index (χ1n) is 13.2. The van der Waals surface area contributed by atoms with Crippen LogP contribution < -0.4 is 14.8 Å². The van der Waals surface area contributed by atoms with Gasteiger partial charge in [-0.3, -0.25) is 20.1 Å². The van der Waals surface area contributed by atoms with E-state index in [2.05, 4.69) is 59.3 Å². The van der Waals surface area contributed by atoms with Crippen LogP contribution in [0.2, 0.25) is 18.1 Å². The average molecular weight is 568 g/mol. The number of methoxy groups -OCH3 is 1. The van der Waals surface area contributed by atoms with Crippen molar-refractivity contribution in [2.45, 2.75) is 77.6 Å². The highest BCUT2D eigenvalue weighted by atomic mass is 32.1. The maximum Gasteiger partial charge on any atom is 0.295 e. The van der Waals surface area contributed by atoms with Crippen LogP contribution >= 0.6 is 11.3 Å². The molecule has 0 aliphatic heterocycles. The molecule has 0 spiro atoms. The fourth-order valence-electron chi connectivity index (χ4n) is 5.43. The number of rotatable bonds is 9. The van der Waals surface area contributed by atoms with Gasteiger partial charge in [0.25, 0.3) is 11.1 Å². The highest BCUT2D eigenvalue weighted by Gasteiger charge is 2.70. The zero-order chi connectivity index (χ0) is 28.2. The van der Waals surface area contributed by atoms with Crippen LogP contribution in [-0.4, -0.2) is 53.7 Å². The van der Waals surface area contributed by atoms with Gasteiger partial charge in [0.1, 0.15) is 5.75 Å². The quantitative estimate of drug-likeness (QED) is 0.305. The number of carbonyl (C=O) groups is 1. The third-order valence-corrected chi connectivity index (χ3v) is 13.6. The van der Waals surface area contributed by atoms with Crippen molar-refractivity contribution >= 4 is 30.7 Å². The minimum Gasteiger partial charge on any atom is -0.494 e. The van der Waals surface area contributed by atoms with Crippen LogP contribution in [0.25, 0.3) is 11.1 Å². The molecule has 11 heteroatoms. The fourth-order valence-corrected chi connectivity index (χ4v) is 7.63. The minimum absolute atomic E-state index is 0.0441. The lowest BCUT2D eigenvalue weighted by Crippen LogP contribution is -2.73. The molecule has 3 aliphatic rings. The van der Waals surface area contributed by atoms with Gasteiger partial charge in [0.2, 0.25) is 5.13 Å². The van der Waals surface area contributed by atoms with Gasteiger partial charge in [-0.1, -0.05) is 25.9 Å². The number of hydrogen-bond donors (Lipinski definition) is 1. The standard InChI is InChI=1S/C28H37N5O4SSi/c1-17-9-19(20-10-18(2)30-12-22(20)35-6)21(11-29-17)23(34)31-24-32-33-25(38-24)36-16-27-13-28(14-27,15-27)37-39(7,8)26(3,4)5/h9-12H,13-16H2,1-8H3,(H,31,32,34). The molecule has 3 aromatic rings. The molecule has 0 atom stereocenters. The number of nitrogens with one attached hydrogen (secondary N) is 1. The first kappa shape index (κ1) is 27.7. The number of nitrogens with zero attached hydrogens (tertiary/aromatic N) is 4. The summed E-state index contributed by atoms with van der Waals surface area (Å²) >= 11 is 1.22. The van der Waals surface area contributed by atoms with E-state index in [0.29, 0.717) is 33.8 Å². The number of ether oxygens (including phenoxy) is 2. The van der Waals surface area contributed by atoms with Gasteiger partial charge >= 0.3 is 0 Å². The zero-order valence-corrected chi connectivity index (χ0v) is 25.8. The maximum atomic E-state index is 13.3. The lowest BCUT2D eigenvalue weighted by Gasteiger charge is -2.71. The van der Waals surface area contributed by atoms with Crippen molar-refractivity contribution < 1.29 is 18.7 Å². The molecule has 3 fully saturated rings. The largest absolute Gasteiger partial charge is 0.494 e. The SMILES string of the molecule is COc1cnc(C)cc1-c1cc(C)ncc1C(=O)Nc1nnc(OCC23CC(O[Si](C)(C)C(C)(C)C)(C2)C3)s1. The highest BCUT2D eigenvalue weighted by molar-refractivity contribution is 7.17. The summed E-state index contributed by atoms with van der Waals surface area (Å²) in [5.41, 5.74) is 3.71. The minimum atomic E-state index is -1.79. The molecular weight excluding hydrogens is 530 g/mol. The van der Waals surface area contributed by atoms with Crippen LogP contribution in [0.15, 0.2) is 24.5 Å². The number of aromatic nitrogens is 4. The Morgan fingerprint density at radius 1 is 1.05 bits per heavy atom. The first-order valence-corrected chi connectivity index (χ1v) is 16.9. The predicted molar refractivity (Wildman–Crippen MR) is 154 cm³/mol. The molecule has 1 amide bonds. The Morgan fingerprint density at radius 3 is 2.33 bits per heavy atom. The lowest BCUT2D eigenvalue weighted by atomic mass is 9.41. The fraction of sp³-hybridized carbons (Fsp3) is 0.536. The maximum absolute atomic E-state index is 13.3. The van der Waals surface area contributed by atoms with Crippen LogP contribution in [0.5, 0.6) is 10.9 Å². The van der Waals surface area contributed by atoms with Gasteiger partial charge in [-0.05, 0) is 74.7 Å². The van der Waals surface area contributed by atoms with Crippen LogP contribution in [0.3, 0.4) is 0 Å². The monoisotopic (exact) mass is 567 g/mol. The molecule has 6 rings (SSSR count). The summed E-state index contributed by atoms with van der Waals surface area (Å²) in [4.78, 5) is 21.9. The van der Waals surface area contributed by atoms with Gasteiger partial charge < -0.3 is 13.9 Å². The Morgan fingerprint density at radius 2 is 1.69 bits per heavy atom. The number of anilines is 1. The molecule has 3 saturated carbocycles. The molecule has 1 N–H and O–H groups in total. The zero-order valence-electron chi connectivity index (χ0n) is 24.0. The number of hydrogen-bond acceptors (Lipinski definition) is 9. The number of amides is 1. The van der Waals surface area contributed by atoms with E-state index in [1.165, 1.54) is 11.3 Å². The van der Waals surface area contributed by atoms with Crippen LogP contribution in [-0.2, 0) is 4.43 Å². The Bertz CT molecular complexity index is 1400. The molecule has 3 aromatic heterocycles. The molecule has 0 saturated heterocycles. The second-order valence-corrected chi connectivity index (χ2v) is 18.3. The molecule has 2 bridgehead atoms. The van der Waals surface area contributed by atoms with Crippen molar-refractivity contribution in [3.05, 3.63) is 41.5 Å². The van der Waals surface area contributed by atoms with Gasteiger partial charge in [-0.25, -0.2) is 0 Å². The normalized spacial score (nSPS) is 22.1. The van der Waals surface area contributed by atoms with Gasteiger partial charge in [-0.2, -0.15) is 0 Å². The molecule has 3 aliphatic carbocycles. The highest BCUT2D eigenvalue weighted by Crippen LogP contribution is 2.70. The van der Waals surface area contributed by atoms with Crippen molar-refractivity contribution in [1.82, 2.24) is 20.2 Å². The van der Waals surface area contributed by atoms with Gasteiger partial charge in [0.05, 0.1) is 31.1 Å². The summed E-state index contributed by atoms with van der Waals surface area (Å²) in [5.74, 6) is 0.248. The molecule has 39 heavy (non-hydrogen) atoms. The van der Waals surface area contributed by atoms with Crippen molar-refractivity contribution in [1.29, 1.82) is 0 Å². The smallest absolute Gasteiger partial charge is 0.295 e. The van der Waals surface area contributed by atoms with Gasteiger partial charge in [0.15, 0.2) is 8.32 Å². The van der Waals surface area contributed by atoms with E-state index in [1.807, 2.05) is 26.0 Å². The number of pyridine rings is 2. The Balaban J connectivity index is 1.21. The van der Waals surface area contributed by atoms with Crippen LogP contribution in [0.4, 0.5) is 5.13 Å². The van der Waals surface area contributed by atoms with E-state index in [9.17, 15) is 4.79 Å². The predicted octanol–water partition coefficient (Wildman–Crippen LogP) is 6.20. The second kappa shape index (κ2) is 9.63. The summed E-state index contributed by atoms with van der Waals surface area (Å²) in [5, 5.41) is 12.2. The molecule has 208 valence electrons. The van der Waals surface area contributed by atoms with Gasteiger partial charge in [-0.15, -0.1) is 5.10 Å². The van der Waals surface area contributed by atoms with E-state index in [-0.39, 0.29) is 22.0 Å². The third kappa shape index (κ3) is 5.31. The second-order valence-electron chi connectivity index (χ2n) is 12.6. The molecule has 0 unspecified atom stereocenters. The Kier molecular flexibility index (Phi) is 6.83. The summed E-state index contributed by atoms with van der Waals surface area (Å²) in [6.45, 7) is 15.8. The van der Waals surface area contributed by atoms with E-state index < -0.39 is 8.32 Å².